The minimum atomic E-state index is -0.388. The second-order valence-electron chi connectivity index (χ2n) is 10.0. The maximum Gasteiger partial charge on any atom is 0.409 e. The molecular formula is C30H32N6O3. The van der Waals surface area contributed by atoms with Crippen molar-refractivity contribution in [3.63, 3.8) is 0 Å². The molecule has 1 amide bonds. The van der Waals surface area contributed by atoms with Crippen LogP contribution < -0.4 is 4.74 Å². The third-order valence-corrected chi connectivity index (χ3v) is 7.12. The third kappa shape index (κ3) is 5.71. The molecule has 1 saturated heterocycles. The molecule has 1 atom stereocenters. The van der Waals surface area contributed by atoms with Gasteiger partial charge in [0.05, 0.1) is 36.6 Å². The Labute approximate surface area is 228 Å². The SMILES string of the molecule is COC(=O)N(C)Cc1ccc(-c2c(-c3ccc(C#N)cc3)nc(OC[C@@H]3CCCN(C)C3)n3ccnc23)cc1. The number of nitriles is 1. The van der Waals surface area contributed by atoms with Gasteiger partial charge in [-0.15, -0.1) is 0 Å². The second-order valence-corrected chi connectivity index (χ2v) is 10.0. The number of hydrogen-bond donors (Lipinski definition) is 0. The molecule has 0 saturated carbocycles. The van der Waals surface area contributed by atoms with E-state index in [0.29, 0.717) is 30.6 Å². The first-order chi connectivity index (χ1) is 19.0. The van der Waals surface area contributed by atoms with Gasteiger partial charge in [0.25, 0.3) is 0 Å². The van der Waals surface area contributed by atoms with Crippen LogP contribution in [0.15, 0.2) is 60.9 Å². The highest BCUT2D eigenvalue weighted by Crippen LogP contribution is 2.36. The Bertz CT molecular complexity index is 1490. The van der Waals surface area contributed by atoms with Gasteiger partial charge in [-0.1, -0.05) is 36.4 Å². The fraction of sp³-hybridized carbons (Fsp3) is 0.333. The molecule has 39 heavy (non-hydrogen) atoms. The van der Waals surface area contributed by atoms with Gasteiger partial charge in [-0.25, -0.2) is 9.78 Å². The predicted molar refractivity (Wildman–Crippen MR) is 148 cm³/mol. The van der Waals surface area contributed by atoms with E-state index >= 15 is 0 Å². The summed E-state index contributed by atoms with van der Waals surface area (Å²) in [5.41, 5.74) is 5.68. The molecule has 3 heterocycles. The molecule has 2 aromatic carbocycles. The van der Waals surface area contributed by atoms with Crippen molar-refractivity contribution >= 4 is 11.7 Å². The lowest BCUT2D eigenvalue weighted by Crippen LogP contribution is -2.35. The maximum atomic E-state index is 11.8. The van der Waals surface area contributed by atoms with Gasteiger partial charge >= 0.3 is 12.1 Å². The number of rotatable bonds is 7. The first-order valence-electron chi connectivity index (χ1n) is 13.0. The Hall–Kier alpha value is -4.42. The number of ether oxygens (including phenoxy) is 2. The van der Waals surface area contributed by atoms with E-state index in [1.807, 2.05) is 47.0 Å². The van der Waals surface area contributed by atoms with E-state index in [1.165, 1.54) is 18.4 Å². The molecule has 4 aromatic rings. The summed E-state index contributed by atoms with van der Waals surface area (Å²) in [6.07, 6.45) is 5.54. The molecule has 0 spiro atoms. The monoisotopic (exact) mass is 524 g/mol. The average molecular weight is 525 g/mol. The Kier molecular flexibility index (Phi) is 7.75. The van der Waals surface area contributed by atoms with Crippen LogP contribution in [-0.2, 0) is 11.3 Å². The van der Waals surface area contributed by atoms with Gasteiger partial charge in [-0.05, 0) is 49.7 Å². The number of nitrogens with zero attached hydrogens (tertiary/aromatic N) is 6. The third-order valence-electron chi connectivity index (χ3n) is 7.12. The first kappa shape index (κ1) is 26.2. The van der Waals surface area contributed by atoms with Gasteiger partial charge in [0.15, 0.2) is 5.65 Å². The van der Waals surface area contributed by atoms with Crippen molar-refractivity contribution in [3.05, 3.63) is 72.1 Å². The number of carbonyl (C=O) groups excluding carboxylic acids is 1. The quantitative estimate of drug-likeness (QED) is 0.341. The van der Waals surface area contributed by atoms with E-state index in [2.05, 4.69) is 18.0 Å². The van der Waals surface area contributed by atoms with E-state index in [1.54, 1.807) is 25.4 Å². The maximum absolute atomic E-state index is 11.8. The minimum Gasteiger partial charge on any atom is -0.464 e. The zero-order valence-electron chi connectivity index (χ0n) is 22.5. The molecule has 9 nitrogen and oxygen atoms in total. The standard InChI is InChI=1S/C30H32N6O3/c1-34-15-4-5-23(18-34)20-39-29-33-27(25-12-6-21(17-31)7-13-25)26(28-32-14-16-36(28)29)24-10-8-22(9-11-24)19-35(2)30(37)38-3/h6-14,16,23H,4-5,15,18-20H2,1-3H3/t23-/m1/s1. The Morgan fingerprint density at radius 2 is 1.90 bits per heavy atom. The van der Waals surface area contributed by atoms with E-state index < -0.39 is 0 Å². The van der Waals surface area contributed by atoms with Gasteiger partial charge in [-0.2, -0.15) is 10.2 Å². The summed E-state index contributed by atoms with van der Waals surface area (Å²) in [6, 6.07) is 18.1. The molecule has 0 unspecified atom stereocenters. The van der Waals surface area contributed by atoms with Crippen molar-refractivity contribution in [2.45, 2.75) is 19.4 Å². The van der Waals surface area contributed by atoms with Gasteiger partial charge < -0.3 is 19.3 Å². The summed E-state index contributed by atoms with van der Waals surface area (Å²) >= 11 is 0. The lowest BCUT2D eigenvalue weighted by molar-refractivity contribution is 0.131. The summed E-state index contributed by atoms with van der Waals surface area (Å²) in [6.45, 7) is 3.13. The van der Waals surface area contributed by atoms with E-state index in [4.69, 9.17) is 19.4 Å². The van der Waals surface area contributed by atoms with Crippen LogP contribution in [0.1, 0.15) is 24.0 Å². The van der Waals surface area contributed by atoms with Crippen LogP contribution in [0.5, 0.6) is 6.01 Å². The number of benzene rings is 2. The van der Waals surface area contributed by atoms with Gasteiger partial charge in [0, 0.05) is 44.0 Å². The topological polar surface area (TPSA) is 96.0 Å². The Balaban J connectivity index is 1.54. The molecule has 0 aliphatic carbocycles. The number of amides is 1. The lowest BCUT2D eigenvalue weighted by atomic mass is 9.98. The van der Waals surface area contributed by atoms with Crippen molar-refractivity contribution in [3.8, 4) is 34.5 Å². The van der Waals surface area contributed by atoms with E-state index in [9.17, 15) is 10.1 Å². The summed E-state index contributed by atoms with van der Waals surface area (Å²) in [7, 11) is 5.22. The fourth-order valence-corrected chi connectivity index (χ4v) is 5.11. The molecule has 1 fully saturated rings. The molecule has 5 rings (SSSR count). The van der Waals surface area contributed by atoms with E-state index in [0.717, 1.165) is 53.1 Å². The van der Waals surface area contributed by atoms with Crippen LogP contribution in [0, 0.1) is 17.2 Å². The summed E-state index contributed by atoms with van der Waals surface area (Å²) in [5.74, 6) is 0.442. The minimum absolute atomic E-state index is 0.388. The number of aromatic nitrogens is 3. The average Bonchev–Trinajstić information content (AvgIpc) is 3.46. The zero-order valence-corrected chi connectivity index (χ0v) is 22.5. The van der Waals surface area contributed by atoms with Crippen LogP contribution in [0.2, 0.25) is 0 Å². The molecule has 9 heteroatoms. The van der Waals surface area contributed by atoms with Crippen LogP contribution >= 0.6 is 0 Å². The Morgan fingerprint density at radius 3 is 2.59 bits per heavy atom. The largest absolute Gasteiger partial charge is 0.464 e. The highest BCUT2D eigenvalue weighted by molar-refractivity contribution is 5.90. The molecule has 0 N–H and O–H groups in total. The molecule has 1 aliphatic heterocycles. The number of hydrogen-bond acceptors (Lipinski definition) is 7. The second kappa shape index (κ2) is 11.5. The fourth-order valence-electron chi connectivity index (χ4n) is 5.11. The summed E-state index contributed by atoms with van der Waals surface area (Å²) < 4.78 is 13.0. The molecular weight excluding hydrogens is 492 g/mol. The molecule has 1 aliphatic rings. The summed E-state index contributed by atoms with van der Waals surface area (Å²) in [5, 5.41) is 9.31. The number of methoxy groups -OCH3 is 1. The van der Waals surface area contributed by atoms with Crippen LogP contribution in [0.3, 0.4) is 0 Å². The van der Waals surface area contributed by atoms with Gasteiger partial charge in [0.2, 0.25) is 0 Å². The van der Waals surface area contributed by atoms with Crippen LogP contribution in [0.4, 0.5) is 4.79 Å². The number of likely N-dealkylation sites (tertiary alicyclic amines) is 1. The smallest absolute Gasteiger partial charge is 0.409 e. The van der Waals surface area contributed by atoms with Crippen molar-refractivity contribution in [1.29, 1.82) is 5.26 Å². The van der Waals surface area contributed by atoms with Crippen molar-refractivity contribution < 1.29 is 14.3 Å². The van der Waals surface area contributed by atoms with Crippen molar-refractivity contribution in [1.82, 2.24) is 24.2 Å². The lowest BCUT2D eigenvalue weighted by Gasteiger charge is -2.29. The number of imidazole rings is 1. The van der Waals surface area contributed by atoms with Gasteiger partial charge in [0.1, 0.15) is 0 Å². The predicted octanol–water partition coefficient (Wildman–Crippen LogP) is 4.85. The van der Waals surface area contributed by atoms with Gasteiger partial charge in [-0.3, -0.25) is 4.40 Å². The van der Waals surface area contributed by atoms with Crippen LogP contribution in [-0.4, -0.2) is 71.2 Å². The Morgan fingerprint density at radius 1 is 1.15 bits per heavy atom. The normalized spacial score (nSPS) is 15.6. The first-order valence-corrected chi connectivity index (χ1v) is 13.0. The summed E-state index contributed by atoms with van der Waals surface area (Å²) in [4.78, 5) is 25.4. The molecule has 0 bridgehead atoms. The van der Waals surface area contributed by atoms with Crippen LogP contribution in [0.25, 0.3) is 28.0 Å². The van der Waals surface area contributed by atoms with E-state index in [-0.39, 0.29) is 6.09 Å². The van der Waals surface area contributed by atoms with Crippen molar-refractivity contribution in [2.24, 2.45) is 5.92 Å². The number of fused-ring (bicyclic) bond motifs is 1. The van der Waals surface area contributed by atoms with Crippen molar-refractivity contribution in [2.75, 3.05) is 40.9 Å². The zero-order chi connectivity index (χ0) is 27.4. The molecule has 2 aromatic heterocycles. The molecule has 200 valence electrons. The highest BCUT2D eigenvalue weighted by Gasteiger charge is 2.22. The number of piperidine rings is 1. The highest BCUT2D eigenvalue weighted by atomic mass is 16.5. The molecule has 0 radical (unpaired) electrons. The number of carbonyl (C=O) groups is 1.